The van der Waals surface area contributed by atoms with Crippen LogP contribution >= 0.6 is 0 Å². The quantitative estimate of drug-likeness (QED) is 0.694. The first-order chi connectivity index (χ1) is 12.4. The lowest BCUT2D eigenvalue weighted by atomic mass is 10.2. The third kappa shape index (κ3) is 3.43. The molecule has 26 heavy (non-hydrogen) atoms. The number of benzene rings is 1. The van der Waals surface area contributed by atoms with Gasteiger partial charge < -0.3 is 9.47 Å². The molecule has 0 saturated carbocycles. The zero-order valence-electron chi connectivity index (χ0n) is 16.1. The van der Waals surface area contributed by atoms with E-state index in [9.17, 15) is 4.79 Å². The van der Waals surface area contributed by atoms with Crippen molar-refractivity contribution >= 4 is 5.91 Å². The van der Waals surface area contributed by atoms with Crippen molar-refractivity contribution in [2.75, 3.05) is 7.05 Å². The molecule has 3 aromatic rings. The largest absolute Gasteiger partial charge is 0.346 e. The number of hydrogen-bond acceptors (Lipinski definition) is 2. The molecule has 0 unspecified atom stereocenters. The maximum absolute atomic E-state index is 12.9. The molecule has 0 radical (unpaired) electrons. The second-order valence-corrected chi connectivity index (χ2v) is 7.04. The van der Waals surface area contributed by atoms with Crippen LogP contribution in [0.1, 0.15) is 47.2 Å². The van der Waals surface area contributed by atoms with Gasteiger partial charge in [-0.05, 0) is 45.9 Å². The molecule has 0 spiro atoms. The molecule has 0 saturated heterocycles. The maximum Gasteiger partial charge on any atom is 0.255 e. The molecule has 0 aliphatic heterocycles. The summed E-state index contributed by atoms with van der Waals surface area (Å²) in [7, 11) is 1.84. The van der Waals surface area contributed by atoms with Crippen LogP contribution in [0.15, 0.2) is 48.8 Å². The Morgan fingerprint density at radius 2 is 1.88 bits per heavy atom. The van der Waals surface area contributed by atoms with Gasteiger partial charge in [0.15, 0.2) is 0 Å². The Bertz CT molecular complexity index is 905. The number of para-hydroxylation sites is 1. The molecular formula is C21H26N4O. The van der Waals surface area contributed by atoms with Crippen molar-refractivity contribution < 1.29 is 4.79 Å². The number of hydrogen-bond donors (Lipinski definition) is 0. The van der Waals surface area contributed by atoms with Crippen LogP contribution in [-0.2, 0) is 6.54 Å². The van der Waals surface area contributed by atoms with Crippen molar-refractivity contribution in [2.45, 2.75) is 40.3 Å². The zero-order chi connectivity index (χ0) is 18.8. The van der Waals surface area contributed by atoms with Crippen molar-refractivity contribution in [3.63, 3.8) is 0 Å². The molecule has 0 atom stereocenters. The van der Waals surface area contributed by atoms with Gasteiger partial charge in [0.25, 0.3) is 5.91 Å². The number of aromatic nitrogens is 3. The summed E-state index contributed by atoms with van der Waals surface area (Å²) < 4.78 is 4.03. The topological polar surface area (TPSA) is 43.1 Å². The van der Waals surface area contributed by atoms with E-state index in [1.165, 1.54) is 0 Å². The predicted molar refractivity (Wildman–Crippen MR) is 104 cm³/mol. The van der Waals surface area contributed by atoms with Crippen LogP contribution < -0.4 is 0 Å². The molecule has 0 aliphatic carbocycles. The zero-order valence-corrected chi connectivity index (χ0v) is 16.1. The van der Waals surface area contributed by atoms with Crippen LogP contribution in [0.3, 0.4) is 0 Å². The fourth-order valence-corrected chi connectivity index (χ4v) is 3.50. The smallest absolute Gasteiger partial charge is 0.255 e. The van der Waals surface area contributed by atoms with Crippen molar-refractivity contribution in [1.29, 1.82) is 0 Å². The first-order valence-corrected chi connectivity index (χ1v) is 8.91. The van der Waals surface area contributed by atoms with E-state index in [0.29, 0.717) is 12.6 Å². The summed E-state index contributed by atoms with van der Waals surface area (Å²) in [5, 5.41) is 4.41. The van der Waals surface area contributed by atoms with Crippen LogP contribution in [0, 0.1) is 13.8 Å². The van der Waals surface area contributed by atoms with E-state index in [2.05, 4.69) is 23.5 Å². The Labute approximate surface area is 154 Å². The average molecular weight is 350 g/mol. The number of rotatable bonds is 5. The van der Waals surface area contributed by atoms with Gasteiger partial charge in [0.1, 0.15) is 0 Å². The SMILES string of the molecule is Cc1cc(C(=O)N(C)Cc2cnn(-c3ccccc3)c2)c(C)n1C(C)C. The summed E-state index contributed by atoms with van der Waals surface area (Å²) in [5.74, 6) is 0.0393. The van der Waals surface area contributed by atoms with E-state index in [1.807, 2.05) is 74.4 Å². The summed E-state index contributed by atoms with van der Waals surface area (Å²) in [6.07, 6.45) is 3.78. The van der Waals surface area contributed by atoms with E-state index in [4.69, 9.17) is 0 Å². The summed E-state index contributed by atoms with van der Waals surface area (Å²) >= 11 is 0. The van der Waals surface area contributed by atoms with Crippen molar-refractivity contribution in [3.8, 4) is 5.69 Å². The third-order valence-electron chi connectivity index (χ3n) is 4.65. The summed E-state index contributed by atoms with van der Waals surface area (Å²) in [6.45, 7) is 8.86. The molecule has 2 heterocycles. The highest BCUT2D eigenvalue weighted by atomic mass is 16.2. The van der Waals surface area contributed by atoms with E-state index in [0.717, 1.165) is 28.2 Å². The summed E-state index contributed by atoms with van der Waals surface area (Å²) in [4.78, 5) is 14.7. The van der Waals surface area contributed by atoms with Crippen molar-refractivity contribution in [3.05, 3.63) is 71.3 Å². The van der Waals surface area contributed by atoms with Crippen LogP contribution in [-0.4, -0.2) is 32.2 Å². The van der Waals surface area contributed by atoms with Gasteiger partial charge in [-0.25, -0.2) is 4.68 Å². The van der Waals surface area contributed by atoms with Gasteiger partial charge >= 0.3 is 0 Å². The molecule has 0 aliphatic rings. The first-order valence-electron chi connectivity index (χ1n) is 8.91. The fraction of sp³-hybridized carbons (Fsp3) is 0.333. The van der Waals surface area contributed by atoms with E-state index < -0.39 is 0 Å². The van der Waals surface area contributed by atoms with Gasteiger partial charge in [0, 0.05) is 42.8 Å². The fourth-order valence-electron chi connectivity index (χ4n) is 3.50. The number of nitrogens with zero attached hydrogens (tertiary/aromatic N) is 4. The van der Waals surface area contributed by atoms with Crippen LogP contribution in [0.5, 0.6) is 0 Å². The normalized spacial score (nSPS) is 11.2. The Balaban J connectivity index is 1.77. The maximum atomic E-state index is 12.9. The number of amides is 1. The summed E-state index contributed by atoms with van der Waals surface area (Å²) in [6, 6.07) is 12.3. The Hall–Kier alpha value is -2.82. The molecular weight excluding hydrogens is 324 g/mol. The molecule has 3 rings (SSSR count). The minimum absolute atomic E-state index is 0.0393. The van der Waals surface area contributed by atoms with Gasteiger partial charge in [-0.3, -0.25) is 4.79 Å². The van der Waals surface area contributed by atoms with Gasteiger partial charge in [-0.2, -0.15) is 5.10 Å². The minimum Gasteiger partial charge on any atom is -0.346 e. The molecule has 5 nitrogen and oxygen atoms in total. The second-order valence-electron chi connectivity index (χ2n) is 7.04. The standard InChI is InChI=1S/C21H26N4O/c1-15(2)25-16(3)11-20(17(25)4)21(26)23(5)13-18-12-22-24(14-18)19-9-7-6-8-10-19/h6-12,14-15H,13H2,1-5H3. The van der Waals surface area contributed by atoms with Crippen LogP contribution in [0.25, 0.3) is 5.69 Å². The van der Waals surface area contributed by atoms with Gasteiger partial charge in [-0.1, -0.05) is 18.2 Å². The molecule has 0 N–H and O–H groups in total. The molecule has 0 fully saturated rings. The number of carbonyl (C=O) groups excluding carboxylic acids is 1. The molecule has 136 valence electrons. The van der Waals surface area contributed by atoms with Crippen LogP contribution in [0.2, 0.25) is 0 Å². The second kappa shape index (κ2) is 7.20. The van der Waals surface area contributed by atoms with E-state index >= 15 is 0 Å². The highest BCUT2D eigenvalue weighted by Crippen LogP contribution is 2.22. The highest BCUT2D eigenvalue weighted by molar-refractivity contribution is 5.95. The lowest BCUT2D eigenvalue weighted by Crippen LogP contribution is -2.26. The first kappa shape index (κ1) is 18.0. The van der Waals surface area contributed by atoms with E-state index in [1.54, 1.807) is 4.90 Å². The van der Waals surface area contributed by atoms with Gasteiger partial charge in [0.05, 0.1) is 17.4 Å². The average Bonchev–Trinajstić information content (AvgIpc) is 3.19. The van der Waals surface area contributed by atoms with Gasteiger partial charge in [0.2, 0.25) is 0 Å². The molecule has 5 heteroatoms. The minimum atomic E-state index is 0.0393. The Morgan fingerprint density at radius 3 is 2.50 bits per heavy atom. The van der Waals surface area contributed by atoms with Crippen LogP contribution in [0.4, 0.5) is 0 Å². The van der Waals surface area contributed by atoms with Gasteiger partial charge in [-0.15, -0.1) is 0 Å². The number of carbonyl (C=O) groups is 1. The molecule has 0 bridgehead atoms. The van der Waals surface area contributed by atoms with Crippen molar-refractivity contribution in [1.82, 2.24) is 19.2 Å². The van der Waals surface area contributed by atoms with Crippen molar-refractivity contribution in [2.24, 2.45) is 0 Å². The molecule has 2 aromatic heterocycles. The lowest BCUT2D eigenvalue weighted by molar-refractivity contribution is 0.0784. The number of aryl methyl sites for hydroxylation is 1. The molecule has 1 aromatic carbocycles. The Kier molecular flexibility index (Phi) is 4.98. The summed E-state index contributed by atoms with van der Waals surface area (Å²) in [5.41, 5.74) is 4.92. The monoisotopic (exact) mass is 350 g/mol. The predicted octanol–water partition coefficient (Wildman–Crippen LogP) is 4.14. The lowest BCUT2D eigenvalue weighted by Gasteiger charge is -2.17. The Morgan fingerprint density at radius 1 is 1.19 bits per heavy atom. The third-order valence-corrected chi connectivity index (χ3v) is 4.65. The van der Waals surface area contributed by atoms with E-state index in [-0.39, 0.29) is 5.91 Å². The molecule has 1 amide bonds. The highest BCUT2D eigenvalue weighted by Gasteiger charge is 2.20.